The first kappa shape index (κ1) is 22.5. The topological polar surface area (TPSA) is 101 Å². The Morgan fingerprint density at radius 1 is 0.750 bits per heavy atom. The SMILES string of the molecule is CO.O=S(=O)(NS(=O)(=O)C(F)(F)F)c1c(F)c(F)c(F)c(F)c1F. The molecule has 0 unspecified atom stereocenters. The zero-order valence-electron chi connectivity index (χ0n) is 10.9. The maximum atomic E-state index is 13.2. The van der Waals surface area contributed by atoms with Crippen LogP contribution in [0.15, 0.2) is 4.90 Å². The molecule has 140 valence electrons. The molecule has 0 aliphatic rings. The predicted molar refractivity (Wildman–Crippen MR) is 59.7 cm³/mol. The number of nitrogens with one attached hydrogen (secondary N) is 1. The number of hydrogen-bond donors (Lipinski definition) is 2. The molecule has 0 atom stereocenters. The van der Waals surface area contributed by atoms with Crippen LogP contribution in [0, 0.1) is 29.1 Å². The van der Waals surface area contributed by atoms with E-state index in [0.717, 1.165) is 7.11 Å². The van der Waals surface area contributed by atoms with Gasteiger partial charge in [0, 0.05) is 7.11 Å². The Morgan fingerprint density at radius 2 is 1.04 bits per heavy atom. The fraction of sp³-hybridized carbons (Fsp3) is 0.250. The number of hydrogen-bond acceptors (Lipinski definition) is 5. The third-order valence-corrected chi connectivity index (χ3v) is 5.22. The second kappa shape index (κ2) is 7.16. The first-order valence-electron chi connectivity index (χ1n) is 4.94. The van der Waals surface area contributed by atoms with Gasteiger partial charge in [-0.1, -0.05) is 4.13 Å². The van der Waals surface area contributed by atoms with E-state index in [4.69, 9.17) is 5.11 Å². The van der Waals surface area contributed by atoms with Gasteiger partial charge in [0.15, 0.2) is 28.2 Å². The van der Waals surface area contributed by atoms with Crippen LogP contribution in [0.5, 0.6) is 0 Å². The monoisotopic (exact) mass is 411 g/mol. The third-order valence-electron chi connectivity index (χ3n) is 1.96. The molecule has 16 heteroatoms. The van der Waals surface area contributed by atoms with Gasteiger partial charge in [-0.05, 0) is 0 Å². The molecule has 0 fully saturated rings. The summed E-state index contributed by atoms with van der Waals surface area (Å²) >= 11 is 0. The number of alkyl halides is 3. The van der Waals surface area contributed by atoms with E-state index in [9.17, 15) is 52.0 Å². The van der Waals surface area contributed by atoms with Crippen molar-refractivity contribution in [1.29, 1.82) is 0 Å². The lowest BCUT2D eigenvalue weighted by atomic mass is 10.3. The number of aliphatic hydroxyl groups is 1. The van der Waals surface area contributed by atoms with Crippen LogP contribution in [0.3, 0.4) is 0 Å². The molecule has 0 heterocycles. The van der Waals surface area contributed by atoms with Gasteiger partial charge in [0.1, 0.15) is 0 Å². The number of benzene rings is 1. The van der Waals surface area contributed by atoms with Crippen LogP contribution in [0.2, 0.25) is 0 Å². The highest BCUT2D eigenvalue weighted by molar-refractivity contribution is 8.05. The van der Waals surface area contributed by atoms with Gasteiger partial charge in [-0.25, -0.2) is 38.8 Å². The van der Waals surface area contributed by atoms with Gasteiger partial charge in [-0.15, -0.1) is 0 Å². The van der Waals surface area contributed by atoms with E-state index in [2.05, 4.69) is 0 Å². The van der Waals surface area contributed by atoms with Crippen LogP contribution in [0.25, 0.3) is 0 Å². The Labute approximate surface area is 128 Å². The van der Waals surface area contributed by atoms with E-state index in [1.54, 1.807) is 0 Å². The lowest BCUT2D eigenvalue weighted by Crippen LogP contribution is -2.41. The molecule has 1 aromatic rings. The van der Waals surface area contributed by atoms with E-state index < -0.39 is 59.5 Å². The molecule has 0 saturated heterocycles. The molecular formula is C8H5F8NO5S2. The van der Waals surface area contributed by atoms with Crippen LogP contribution in [-0.4, -0.2) is 34.6 Å². The van der Waals surface area contributed by atoms with Crippen molar-refractivity contribution in [1.82, 2.24) is 4.13 Å². The van der Waals surface area contributed by atoms with E-state index in [1.165, 1.54) is 0 Å². The van der Waals surface area contributed by atoms with Crippen LogP contribution < -0.4 is 4.13 Å². The van der Waals surface area contributed by atoms with Gasteiger partial charge in [0.05, 0.1) is 0 Å². The molecular weight excluding hydrogens is 406 g/mol. The van der Waals surface area contributed by atoms with E-state index in [1.807, 2.05) is 0 Å². The largest absolute Gasteiger partial charge is 0.512 e. The molecule has 0 aliphatic carbocycles. The van der Waals surface area contributed by atoms with Crippen molar-refractivity contribution in [3.63, 3.8) is 0 Å². The normalized spacial score (nSPS) is 12.6. The van der Waals surface area contributed by atoms with Crippen LogP contribution in [0.1, 0.15) is 0 Å². The Balaban J connectivity index is 0.00000254. The number of rotatable bonds is 3. The predicted octanol–water partition coefficient (Wildman–Crippen LogP) is 1.12. The van der Waals surface area contributed by atoms with Crippen molar-refractivity contribution >= 4 is 20.0 Å². The highest BCUT2D eigenvalue weighted by atomic mass is 32.3. The van der Waals surface area contributed by atoms with E-state index in [0.29, 0.717) is 0 Å². The minimum atomic E-state index is -6.68. The fourth-order valence-corrected chi connectivity index (χ4v) is 3.57. The van der Waals surface area contributed by atoms with Crippen molar-refractivity contribution in [3.8, 4) is 0 Å². The molecule has 0 saturated carbocycles. The maximum Gasteiger partial charge on any atom is 0.512 e. The second-order valence-corrected chi connectivity index (χ2v) is 6.99. The molecule has 0 radical (unpaired) electrons. The standard InChI is InChI=1S/C7HF8NO4S2.CH4O/c8-1-2(9)4(11)6(5(12)3(1)10)21(17,18)16-22(19,20)7(13,14)15;1-2/h16H;2H,1H3. The van der Waals surface area contributed by atoms with Crippen molar-refractivity contribution in [2.24, 2.45) is 0 Å². The molecule has 0 amide bonds. The summed E-state index contributed by atoms with van der Waals surface area (Å²) in [5, 5.41) is 7.00. The Bertz CT molecular complexity index is 804. The van der Waals surface area contributed by atoms with Crippen LogP contribution >= 0.6 is 0 Å². The average molecular weight is 411 g/mol. The lowest BCUT2D eigenvalue weighted by Gasteiger charge is -2.12. The number of sulfonamides is 2. The highest BCUT2D eigenvalue weighted by Gasteiger charge is 2.49. The molecule has 0 aliphatic heterocycles. The molecule has 6 nitrogen and oxygen atoms in total. The third kappa shape index (κ3) is 4.11. The van der Waals surface area contributed by atoms with Crippen molar-refractivity contribution in [3.05, 3.63) is 29.1 Å². The highest BCUT2D eigenvalue weighted by Crippen LogP contribution is 2.29. The van der Waals surface area contributed by atoms with Gasteiger partial charge in [0.2, 0.25) is 5.82 Å². The maximum absolute atomic E-state index is 13.2. The van der Waals surface area contributed by atoms with Crippen LogP contribution in [0.4, 0.5) is 35.1 Å². The summed E-state index contributed by atoms with van der Waals surface area (Å²) in [6.45, 7) is 0. The first-order chi connectivity index (χ1) is 10.6. The summed E-state index contributed by atoms with van der Waals surface area (Å²) in [6.07, 6.45) is 0. The smallest absolute Gasteiger partial charge is 0.400 e. The quantitative estimate of drug-likeness (QED) is 0.441. The molecule has 1 aromatic carbocycles. The summed E-state index contributed by atoms with van der Waals surface area (Å²) in [4.78, 5) is -2.77. The Morgan fingerprint density at radius 3 is 1.33 bits per heavy atom. The van der Waals surface area contributed by atoms with Crippen molar-refractivity contribution in [2.75, 3.05) is 7.11 Å². The summed E-state index contributed by atoms with van der Waals surface area (Å²) in [5.41, 5.74) is -6.22. The first-order valence-corrected chi connectivity index (χ1v) is 7.91. The van der Waals surface area contributed by atoms with Gasteiger partial charge < -0.3 is 5.11 Å². The van der Waals surface area contributed by atoms with Gasteiger partial charge in [-0.2, -0.15) is 13.2 Å². The Kier molecular flexibility index (Phi) is 6.70. The van der Waals surface area contributed by atoms with Gasteiger partial charge in [-0.3, -0.25) is 0 Å². The lowest BCUT2D eigenvalue weighted by molar-refractivity contribution is -0.0441. The summed E-state index contributed by atoms with van der Waals surface area (Å²) < 4.78 is 144. The molecule has 24 heavy (non-hydrogen) atoms. The summed E-state index contributed by atoms with van der Waals surface area (Å²) in [7, 11) is -12.0. The zero-order valence-corrected chi connectivity index (χ0v) is 12.6. The number of halogens is 8. The fourth-order valence-electron chi connectivity index (χ4n) is 1.05. The average Bonchev–Trinajstić information content (AvgIpc) is 2.42. The summed E-state index contributed by atoms with van der Waals surface area (Å²) in [6, 6.07) is 0. The summed E-state index contributed by atoms with van der Waals surface area (Å²) in [5.74, 6) is -14.4. The van der Waals surface area contributed by atoms with Crippen molar-refractivity contribution in [2.45, 2.75) is 10.4 Å². The van der Waals surface area contributed by atoms with Crippen molar-refractivity contribution < 1.29 is 57.1 Å². The number of aliphatic hydroxyl groups excluding tert-OH is 1. The minimum absolute atomic E-state index is 0.172. The molecule has 0 bridgehead atoms. The molecule has 0 spiro atoms. The Hall–Kier alpha value is -1.52. The van der Waals surface area contributed by atoms with E-state index >= 15 is 0 Å². The van der Waals surface area contributed by atoms with Gasteiger partial charge >= 0.3 is 15.5 Å². The zero-order chi connectivity index (χ0) is 19.7. The molecule has 0 aromatic heterocycles. The van der Waals surface area contributed by atoms with Crippen LogP contribution in [-0.2, 0) is 20.0 Å². The minimum Gasteiger partial charge on any atom is -0.400 e. The molecule has 2 N–H and O–H groups in total. The molecule has 1 rings (SSSR count). The van der Waals surface area contributed by atoms with E-state index in [-0.39, 0.29) is 4.13 Å². The van der Waals surface area contributed by atoms with Gasteiger partial charge in [0.25, 0.3) is 10.0 Å². The second-order valence-electron chi connectivity index (χ2n) is 3.43.